The number of rotatable bonds is 3. The molecule has 0 bridgehead atoms. The van der Waals surface area contributed by atoms with Crippen molar-refractivity contribution in [3.05, 3.63) is 0 Å². The molecule has 0 spiro atoms. The fraction of sp³-hybridized carbons (Fsp3) is 1.00. The Hall–Kier alpha value is -0.0800. The monoisotopic (exact) mass is 266 g/mol. The molecule has 2 fully saturated rings. The maximum Gasteiger partial charge on any atom is 0.0303 e. The molecule has 2 heteroatoms. The third kappa shape index (κ3) is 3.72. The quantitative estimate of drug-likeness (QED) is 0.835. The first-order valence-electron chi connectivity index (χ1n) is 8.49. The molecule has 0 amide bonds. The fourth-order valence-electron chi connectivity index (χ4n) is 4.16. The van der Waals surface area contributed by atoms with Gasteiger partial charge in [-0.05, 0) is 57.0 Å². The third-order valence-electron chi connectivity index (χ3n) is 5.68. The molecule has 1 heterocycles. The average Bonchev–Trinajstić information content (AvgIpc) is 2.61. The zero-order chi connectivity index (χ0) is 13.9. The Morgan fingerprint density at radius 3 is 2.53 bits per heavy atom. The van der Waals surface area contributed by atoms with E-state index in [1.165, 1.54) is 64.6 Å². The average molecular weight is 266 g/mol. The van der Waals surface area contributed by atoms with Crippen LogP contribution in [-0.2, 0) is 0 Å². The van der Waals surface area contributed by atoms with Crippen molar-refractivity contribution >= 4 is 0 Å². The Morgan fingerprint density at radius 2 is 1.89 bits per heavy atom. The van der Waals surface area contributed by atoms with Crippen molar-refractivity contribution in [1.29, 1.82) is 0 Å². The Kier molecular flexibility index (Phi) is 4.94. The highest BCUT2D eigenvalue weighted by molar-refractivity contribution is 4.95. The van der Waals surface area contributed by atoms with Gasteiger partial charge in [-0.3, -0.25) is 4.90 Å². The third-order valence-corrected chi connectivity index (χ3v) is 5.68. The smallest absolute Gasteiger partial charge is 0.0303 e. The minimum atomic E-state index is 0.373. The molecule has 1 atom stereocenters. The van der Waals surface area contributed by atoms with E-state index in [1.807, 2.05) is 0 Å². The Labute approximate surface area is 120 Å². The molecule has 19 heavy (non-hydrogen) atoms. The fourth-order valence-corrected chi connectivity index (χ4v) is 4.16. The highest BCUT2D eigenvalue weighted by Crippen LogP contribution is 2.38. The lowest BCUT2D eigenvalue weighted by Crippen LogP contribution is -2.53. The Morgan fingerprint density at radius 1 is 1.16 bits per heavy atom. The maximum absolute atomic E-state index is 3.84. The Balaban J connectivity index is 2.05. The second kappa shape index (κ2) is 6.13. The number of hydrogen-bond acceptors (Lipinski definition) is 2. The highest BCUT2D eigenvalue weighted by atomic mass is 15.2. The van der Waals surface area contributed by atoms with E-state index in [-0.39, 0.29) is 0 Å². The van der Waals surface area contributed by atoms with Crippen LogP contribution in [0.3, 0.4) is 0 Å². The summed E-state index contributed by atoms with van der Waals surface area (Å²) in [5, 5.41) is 3.84. The van der Waals surface area contributed by atoms with Gasteiger partial charge in [0.05, 0.1) is 0 Å². The molecule has 2 rings (SSSR count). The van der Waals surface area contributed by atoms with Crippen LogP contribution < -0.4 is 5.32 Å². The van der Waals surface area contributed by atoms with E-state index in [2.05, 4.69) is 37.9 Å². The summed E-state index contributed by atoms with van der Waals surface area (Å²) < 4.78 is 0. The molecule has 112 valence electrons. The predicted octanol–water partition coefficient (Wildman–Crippen LogP) is 3.81. The molecule has 1 unspecified atom stereocenters. The normalized spacial score (nSPS) is 31.9. The van der Waals surface area contributed by atoms with Gasteiger partial charge in [0.1, 0.15) is 0 Å². The van der Waals surface area contributed by atoms with Crippen molar-refractivity contribution in [3.8, 4) is 0 Å². The van der Waals surface area contributed by atoms with E-state index < -0.39 is 0 Å². The molecule has 0 radical (unpaired) electrons. The van der Waals surface area contributed by atoms with E-state index in [0.29, 0.717) is 11.0 Å². The molecule has 1 saturated heterocycles. The summed E-state index contributed by atoms with van der Waals surface area (Å²) in [4.78, 5) is 2.83. The van der Waals surface area contributed by atoms with Gasteiger partial charge in [-0.25, -0.2) is 0 Å². The van der Waals surface area contributed by atoms with E-state index in [1.54, 1.807) is 0 Å². The van der Waals surface area contributed by atoms with Crippen LogP contribution in [0.4, 0.5) is 0 Å². The van der Waals surface area contributed by atoms with Gasteiger partial charge >= 0.3 is 0 Å². The van der Waals surface area contributed by atoms with E-state index >= 15 is 0 Å². The van der Waals surface area contributed by atoms with Gasteiger partial charge in [0.15, 0.2) is 0 Å². The minimum Gasteiger partial charge on any atom is -0.310 e. The van der Waals surface area contributed by atoms with E-state index in [4.69, 9.17) is 0 Å². The first-order chi connectivity index (χ1) is 9.00. The van der Waals surface area contributed by atoms with Crippen LogP contribution in [0.25, 0.3) is 0 Å². The summed E-state index contributed by atoms with van der Waals surface area (Å²) in [5.41, 5.74) is 0.932. The minimum absolute atomic E-state index is 0.373. The van der Waals surface area contributed by atoms with Crippen LogP contribution in [0.5, 0.6) is 0 Å². The lowest BCUT2D eigenvalue weighted by Gasteiger charge is -2.44. The summed E-state index contributed by atoms with van der Waals surface area (Å²) in [7, 11) is 0. The molecule has 1 N–H and O–H groups in total. The van der Waals surface area contributed by atoms with Gasteiger partial charge in [-0.15, -0.1) is 0 Å². The largest absolute Gasteiger partial charge is 0.310 e. The van der Waals surface area contributed by atoms with E-state index in [9.17, 15) is 0 Å². The van der Waals surface area contributed by atoms with Gasteiger partial charge in [-0.1, -0.05) is 34.1 Å². The second-order valence-electron chi connectivity index (χ2n) is 7.65. The van der Waals surface area contributed by atoms with Crippen molar-refractivity contribution in [3.63, 3.8) is 0 Å². The van der Waals surface area contributed by atoms with Crippen molar-refractivity contribution in [1.82, 2.24) is 10.2 Å². The predicted molar refractivity (Wildman–Crippen MR) is 83.5 cm³/mol. The summed E-state index contributed by atoms with van der Waals surface area (Å²) in [6.07, 6.45) is 9.50. The molecule has 1 aliphatic carbocycles. The summed E-state index contributed by atoms with van der Waals surface area (Å²) in [6.45, 7) is 13.4. The van der Waals surface area contributed by atoms with Crippen LogP contribution >= 0.6 is 0 Å². The van der Waals surface area contributed by atoms with E-state index in [0.717, 1.165) is 6.04 Å². The molecular weight excluding hydrogens is 232 g/mol. The second-order valence-corrected chi connectivity index (χ2v) is 7.65. The first-order valence-corrected chi connectivity index (χ1v) is 8.49. The SMILES string of the molecule is CCC1(CC)CN(C2CCCC(C)(C)C2)CCCN1. The topological polar surface area (TPSA) is 15.3 Å². The van der Waals surface area contributed by atoms with Gasteiger partial charge in [0.2, 0.25) is 0 Å². The molecule has 2 nitrogen and oxygen atoms in total. The van der Waals surface area contributed by atoms with Gasteiger partial charge in [0, 0.05) is 18.1 Å². The van der Waals surface area contributed by atoms with Crippen molar-refractivity contribution in [2.75, 3.05) is 19.6 Å². The zero-order valence-electron chi connectivity index (χ0n) is 13.6. The zero-order valence-corrected chi connectivity index (χ0v) is 13.6. The van der Waals surface area contributed by atoms with Crippen molar-refractivity contribution in [2.24, 2.45) is 5.41 Å². The lowest BCUT2D eigenvalue weighted by molar-refractivity contribution is 0.0759. The lowest BCUT2D eigenvalue weighted by atomic mass is 9.74. The molecule has 1 aliphatic heterocycles. The van der Waals surface area contributed by atoms with Crippen LogP contribution in [0, 0.1) is 5.41 Å². The molecule has 0 aromatic rings. The molecule has 0 aromatic carbocycles. The Bertz CT molecular complexity index is 281. The van der Waals surface area contributed by atoms with Crippen molar-refractivity contribution in [2.45, 2.75) is 84.2 Å². The maximum atomic E-state index is 3.84. The molecule has 0 aromatic heterocycles. The first kappa shape index (κ1) is 15.3. The van der Waals surface area contributed by atoms with Crippen LogP contribution in [0.1, 0.15) is 72.6 Å². The molecule has 2 aliphatic rings. The van der Waals surface area contributed by atoms with Gasteiger partial charge in [-0.2, -0.15) is 0 Å². The summed E-state index contributed by atoms with van der Waals surface area (Å²) in [5.74, 6) is 0. The summed E-state index contributed by atoms with van der Waals surface area (Å²) >= 11 is 0. The molecule has 1 saturated carbocycles. The van der Waals surface area contributed by atoms with Crippen LogP contribution in [0.2, 0.25) is 0 Å². The number of nitrogens with zero attached hydrogens (tertiary/aromatic N) is 1. The molecular formula is C17H34N2. The number of nitrogens with one attached hydrogen (secondary N) is 1. The van der Waals surface area contributed by atoms with Gasteiger partial charge < -0.3 is 5.32 Å². The van der Waals surface area contributed by atoms with Crippen LogP contribution in [-0.4, -0.2) is 36.1 Å². The van der Waals surface area contributed by atoms with Crippen LogP contribution in [0.15, 0.2) is 0 Å². The summed E-state index contributed by atoms with van der Waals surface area (Å²) in [6, 6.07) is 0.834. The number of hydrogen-bond donors (Lipinski definition) is 1. The van der Waals surface area contributed by atoms with Gasteiger partial charge in [0.25, 0.3) is 0 Å². The van der Waals surface area contributed by atoms with Crippen molar-refractivity contribution < 1.29 is 0 Å². The highest BCUT2D eigenvalue weighted by Gasteiger charge is 2.36. The standard InChI is InChI=1S/C17H34N2/c1-5-17(6-2)14-19(12-8-11-18-17)15-9-7-10-16(3,4)13-15/h15,18H,5-14H2,1-4H3.